The number of hydrogen-bond acceptors (Lipinski definition) is 6. The fourth-order valence-electron chi connectivity index (χ4n) is 3.59. The van der Waals surface area contributed by atoms with Crippen molar-refractivity contribution in [1.29, 1.82) is 0 Å². The Labute approximate surface area is 171 Å². The van der Waals surface area contributed by atoms with Gasteiger partial charge in [-0.1, -0.05) is 12.1 Å². The van der Waals surface area contributed by atoms with Crippen LogP contribution in [-0.4, -0.2) is 34.3 Å². The van der Waals surface area contributed by atoms with Crippen LogP contribution in [0.2, 0.25) is 0 Å². The molecule has 0 aliphatic carbocycles. The second-order valence-electron chi connectivity index (χ2n) is 6.88. The van der Waals surface area contributed by atoms with Crippen molar-refractivity contribution in [2.75, 3.05) is 14.2 Å². The van der Waals surface area contributed by atoms with E-state index in [0.717, 1.165) is 11.1 Å². The number of carbonyl (C=O) groups is 1. The molecule has 9 nitrogen and oxygen atoms in total. The van der Waals surface area contributed by atoms with Crippen LogP contribution >= 0.6 is 0 Å². The standard InChI is InChI=1S/C21H22N4O5/c1-12(20(26)22-11-14-6-5-7-17(28-3)19(14)29-4)25-21(27)16-10-18-15(8-9-30-18)24(16)13(2)23-25/h5-10,12H,11H2,1-4H3,(H,22,26)/t12-/m1/s1. The molecule has 156 valence electrons. The van der Waals surface area contributed by atoms with Crippen molar-refractivity contribution < 1.29 is 18.7 Å². The fourth-order valence-corrected chi connectivity index (χ4v) is 3.59. The molecule has 4 rings (SSSR count). The highest BCUT2D eigenvalue weighted by Crippen LogP contribution is 2.30. The lowest BCUT2D eigenvalue weighted by atomic mass is 10.1. The summed E-state index contributed by atoms with van der Waals surface area (Å²) in [4.78, 5) is 25.8. The predicted molar refractivity (Wildman–Crippen MR) is 110 cm³/mol. The maximum atomic E-state index is 13.0. The molecule has 0 bridgehead atoms. The Morgan fingerprint density at radius 1 is 1.23 bits per heavy atom. The van der Waals surface area contributed by atoms with Gasteiger partial charge in [-0.05, 0) is 19.9 Å². The average Bonchev–Trinajstić information content (AvgIpc) is 3.35. The van der Waals surface area contributed by atoms with Crippen molar-refractivity contribution in [3.05, 3.63) is 58.3 Å². The number of para-hydroxylation sites is 1. The van der Waals surface area contributed by atoms with Gasteiger partial charge in [0.2, 0.25) is 5.91 Å². The first-order chi connectivity index (χ1) is 14.5. The van der Waals surface area contributed by atoms with Gasteiger partial charge in [0.15, 0.2) is 17.1 Å². The topological polar surface area (TPSA) is 100 Å². The predicted octanol–water partition coefficient (Wildman–Crippen LogP) is 2.45. The van der Waals surface area contributed by atoms with E-state index in [1.165, 1.54) is 4.68 Å². The van der Waals surface area contributed by atoms with E-state index >= 15 is 0 Å². The van der Waals surface area contributed by atoms with Gasteiger partial charge in [-0.25, -0.2) is 4.68 Å². The Bertz CT molecular complexity index is 1300. The molecule has 3 aromatic heterocycles. The quantitative estimate of drug-likeness (QED) is 0.524. The number of nitrogens with zero attached hydrogens (tertiary/aromatic N) is 3. The van der Waals surface area contributed by atoms with Crippen molar-refractivity contribution >= 4 is 22.5 Å². The molecule has 1 aromatic carbocycles. The number of benzene rings is 1. The van der Waals surface area contributed by atoms with Crippen LogP contribution in [0.4, 0.5) is 0 Å². The molecule has 1 atom stereocenters. The smallest absolute Gasteiger partial charge is 0.291 e. The maximum Gasteiger partial charge on any atom is 0.291 e. The molecule has 30 heavy (non-hydrogen) atoms. The number of aryl methyl sites for hydroxylation is 1. The van der Waals surface area contributed by atoms with Gasteiger partial charge in [0.25, 0.3) is 5.56 Å². The summed E-state index contributed by atoms with van der Waals surface area (Å²) in [6, 6.07) is 8.06. The number of aromatic nitrogens is 3. The molecule has 0 aliphatic heterocycles. The zero-order valence-corrected chi connectivity index (χ0v) is 17.1. The second kappa shape index (κ2) is 7.58. The Kier molecular flexibility index (Phi) is 4.94. The number of rotatable bonds is 6. The van der Waals surface area contributed by atoms with Gasteiger partial charge in [0.05, 0.1) is 26.0 Å². The second-order valence-corrected chi connectivity index (χ2v) is 6.88. The van der Waals surface area contributed by atoms with Crippen molar-refractivity contribution in [1.82, 2.24) is 19.5 Å². The maximum absolute atomic E-state index is 13.0. The first-order valence-electron chi connectivity index (χ1n) is 9.42. The summed E-state index contributed by atoms with van der Waals surface area (Å²) in [6.45, 7) is 3.63. The lowest BCUT2D eigenvalue weighted by molar-refractivity contribution is -0.124. The monoisotopic (exact) mass is 410 g/mol. The Morgan fingerprint density at radius 2 is 2.03 bits per heavy atom. The first-order valence-corrected chi connectivity index (χ1v) is 9.42. The largest absolute Gasteiger partial charge is 0.493 e. The third-order valence-corrected chi connectivity index (χ3v) is 5.11. The molecule has 4 aromatic rings. The Balaban J connectivity index is 1.61. The van der Waals surface area contributed by atoms with E-state index in [9.17, 15) is 9.59 Å². The highest BCUT2D eigenvalue weighted by atomic mass is 16.5. The van der Waals surface area contributed by atoms with Crippen molar-refractivity contribution in [2.45, 2.75) is 26.4 Å². The molecule has 0 saturated heterocycles. The number of carbonyl (C=O) groups excluding carboxylic acids is 1. The van der Waals surface area contributed by atoms with Crippen molar-refractivity contribution in [3.8, 4) is 11.5 Å². The molecule has 0 saturated carbocycles. The molecule has 0 aliphatic rings. The highest BCUT2D eigenvalue weighted by molar-refractivity contribution is 5.83. The summed E-state index contributed by atoms with van der Waals surface area (Å²) in [6.07, 6.45) is 1.56. The van der Waals surface area contributed by atoms with E-state index in [2.05, 4.69) is 10.4 Å². The summed E-state index contributed by atoms with van der Waals surface area (Å²) in [7, 11) is 3.10. The van der Waals surface area contributed by atoms with Crippen LogP contribution in [0.3, 0.4) is 0 Å². The molecule has 0 spiro atoms. The van der Waals surface area contributed by atoms with E-state index in [1.807, 2.05) is 12.1 Å². The number of methoxy groups -OCH3 is 2. The summed E-state index contributed by atoms with van der Waals surface area (Å²) in [5.41, 5.74) is 2.16. The number of nitrogens with one attached hydrogen (secondary N) is 1. The Morgan fingerprint density at radius 3 is 2.77 bits per heavy atom. The minimum absolute atomic E-state index is 0.220. The third kappa shape index (κ3) is 3.08. The molecular weight excluding hydrogens is 388 g/mol. The van der Waals surface area contributed by atoms with E-state index in [-0.39, 0.29) is 18.0 Å². The van der Waals surface area contributed by atoms with Gasteiger partial charge in [-0.15, -0.1) is 0 Å². The number of hydrogen-bond donors (Lipinski definition) is 1. The third-order valence-electron chi connectivity index (χ3n) is 5.11. The van der Waals surface area contributed by atoms with Gasteiger partial charge in [-0.3, -0.25) is 14.0 Å². The van der Waals surface area contributed by atoms with Crippen molar-refractivity contribution in [2.24, 2.45) is 0 Å². The highest BCUT2D eigenvalue weighted by Gasteiger charge is 2.22. The molecule has 9 heteroatoms. The number of fused-ring (bicyclic) bond motifs is 3. The normalized spacial score (nSPS) is 12.3. The van der Waals surface area contributed by atoms with Crippen molar-refractivity contribution in [3.63, 3.8) is 0 Å². The number of furan rings is 1. The summed E-state index contributed by atoms with van der Waals surface area (Å²) in [5, 5.41) is 7.20. The molecule has 0 fully saturated rings. The molecule has 0 unspecified atom stereocenters. The molecule has 0 radical (unpaired) electrons. The minimum atomic E-state index is -0.806. The lowest BCUT2D eigenvalue weighted by Crippen LogP contribution is -2.38. The average molecular weight is 410 g/mol. The van der Waals surface area contributed by atoms with E-state index in [1.54, 1.807) is 56.9 Å². The number of ether oxygens (including phenoxy) is 2. The summed E-state index contributed by atoms with van der Waals surface area (Å²) in [5.74, 6) is 1.37. The van der Waals surface area contributed by atoms with Crippen LogP contribution in [0, 0.1) is 6.92 Å². The summed E-state index contributed by atoms with van der Waals surface area (Å²) < 4.78 is 19.0. The molecule has 1 amide bonds. The summed E-state index contributed by atoms with van der Waals surface area (Å²) >= 11 is 0. The first kappa shape index (κ1) is 19.6. The van der Waals surface area contributed by atoms with Crippen LogP contribution in [0.15, 0.2) is 45.8 Å². The lowest BCUT2D eigenvalue weighted by Gasteiger charge is -2.17. The fraction of sp³-hybridized carbons (Fsp3) is 0.286. The van der Waals surface area contributed by atoms with Gasteiger partial charge >= 0.3 is 0 Å². The van der Waals surface area contributed by atoms with Gasteiger partial charge in [0, 0.05) is 24.2 Å². The van der Waals surface area contributed by atoms with E-state index in [0.29, 0.717) is 28.4 Å². The molecular formula is C21H22N4O5. The molecule has 1 N–H and O–H groups in total. The zero-order chi connectivity index (χ0) is 21.4. The molecule has 3 heterocycles. The van der Waals surface area contributed by atoms with Gasteiger partial charge in [-0.2, -0.15) is 5.10 Å². The SMILES string of the molecule is COc1cccc(CNC(=O)[C@@H](C)n2nc(C)n3c(cc4occc43)c2=O)c1OC. The van der Waals surface area contributed by atoms with Gasteiger partial charge in [0.1, 0.15) is 17.4 Å². The van der Waals surface area contributed by atoms with Crippen LogP contribution < -0.4 is 20.3 Å². The van der Waals surface area contributed by atoms with Crippen LogP contribution in [-0.2, 0) is 11.3 Å². The van der Waals surface area contributed by atoms with Crippen LogP contribution in [0.1, 0.15) is 24.4 Å². The zero-order valence-electron chi connectivity index (χ0n) is 17.1. The minimum Gasteiger partial charge on any atom is -0.493 e. The Hall–Kier alpha value is -3.75. The van der Waals surface area contributed by atoms with Crippen LogP contribution in [0.5, 0.6) is 11.5 Å². The number of amides is 1. The van der Waals surface area contributed by atoms with Crippen LogP contribution in [0.25, 0.3) is 16.6 Å². The van der Waals surface area contributed by atoms with E-state index < -0.39 is 6.04 Å². The van der Waals surface area contributed by atoms with Gasteiger partial charge < -0.3 is 19.2 Å². The van der Waals surface area contributed by atoms with E-state index in [4.69, 9.17) is 13.9 Å².